The number of halogens is 2. The van der Waals surface area contributed by atoms with Crippen LogP contribution in [0.25, 0.3) is 22.2 Å². The van der Waals surface area contributed by atoms with Crippen LogP contribution in [0.1, 0.15) is 53.4 Å². The number of amides is 4. The number of fused-ring (bicyclic) bond motifs is 7. The summed E-state index contributed by atoms with van der Waals surface area (Å²) in [6, 6.07) is 13.8. The Morgan fingerprint density at radius 1 is 1.04 bits per heavy atom. The van der Waals surface area contributed by atoms with E-state index in [0.717, 1.165) is 5.39 Å². The third kappa shape index (κ3) is 8.09. The Hall–Kier alpha value is -5.06. The number of sulfonamides is 1. The number of alkyl halides is 2. The Labute approximate surface area is 323 Å². The van der Waals surface area contributed by atoms with E-state index in [9.17, 15) is 36.4 Å². The highest BCUT2D eigenvalue weighted by Crippen LogP contribution is 2.48. The highest BCUT2D eigenvalue weighted by atomic mass is 32.2. The lowest BCUT2D eigenvalue weighted by atomic mass is 9.85. The Balaban J connectivity index is 1.27. The van der Waals surface area contributed by atoms with Crippen LogP contribution in [0.4, 0.5) is 13.6 Å². The average molecular weight is 798 g/mol. The zero-order valence-electron chi connectivity index (χ0n) is 31.4. The van der Waals surface area contributed by atoms with Crippen LogP contribution in [0.15, 0.2) is 54.6 Å². The number of hydrogen-bond donors (Lipinski definition) is 3. The predicted octanol–water partition coefficient (Wildman–Crippen LogP) is 4.17. The molecule has 0 spiro atoms. The van der Waals surface area contributed by atoms with E-state index in [0.29, 0.717) is 41.1 Å². The number of nitrogens with zero attached hydrogens (tertiary/aromatic N) is 2. The summed E-state index contributed by atoms with van der Waals surface area (Å²) >= 11 is 0. The lowest BCUT2D eigenvalue weighted by Gasteiger charge is -2.35. The molecule has 3 heterocycles. The standard InChI is InChI=1S/C39H45F2N5O9S/c1-21-19-53-24-10-7-9-23(14-24)31-30(15-22-8-5-6-11-28(22)42-31)55-25-16-29(46(18-25)35(48)32(38(2,3)4)43-37(50)54-20-21)34(47)44-39(17-27(39)33(40)41)36(49)45-56(51,52)26-12-13-26/h5-11,14-15,21,25-27,29,32-33H,12-13,16-20H2,1-4H3,(H,43,50)(H,44,47)(H,45,49)/t21-,25?,27+,29+,32-,39?/m1/s1. The van der Waals surface area contributed by atoms with Gasteiger partial charge in [-0.1, -0.05) is 58.0 Å². The van der Waals surface area contributed by atoms with E-state index >= 15 is 0 Å². The van der Waals surface area contributed by atoms with Crippen molar-refractivity contribution in [1.82, 2.24) is 25.2 Å². The monoisotopic (exact) mass is 797 g/mol. The van der Waals surface area contributed by atoms with E-state index in [1.54, 1.807) is 45.0 Å². The van der Waals surface area contributed by atoms with E-state index in [4.69, 9.17) is 19.2 Å². The molecule has 56 heavy (non-hydrogen) atoms. The van der Waals surface area contributed by atoms with Gasteiger partial charge in [0.2, 0.25) is 28.3 Å². The lowest BCUT2D eigenvalue weighted by molar-refractivity contribution is -0.143. The van der Waals surface area contributed by atoms with Crippen LogP contribution in [-0.2, 0) is 29.1 Å². The fourth-order valence-corrected chi connectivity index (χ4v) is 8.56. The number of hydrogen-bond acceptors (Lipinski definition) is 10. The molecule has 3 N–H and O–H groups in total. The van der Waals surface area contributed by atoms with Gasteiger partial charge in [0.25, 0.3) is 5.91 Å². The van der Waals surface area contributed by atoms with Gasteiger partial charge < -0.3 is 29.7 Å². The molecule has 3 fully saturated rings. The van der Waals surface area contributed by atoms with Crippen molar-refractivity contribution < 1.29 is 50.6 Å². The minimum Gasteiger partial charge on any atom is -0.493 e. The van der Waals surface area contributed by atoms with Crippen molar-refractivity contribution >= 4 is 44.7 Å². The van der Waals surface area contributed by atoms with E-state index in [2.05, 4.69) is 10.6 Å². The molecule has 2 aliphatic carbocycles. The molecule has 6 atom stereocenters. The zero-order chi connectivity index (χ0) is 40.2. The van der Waals surface area contributed by atoms with Crippen LogP contribution in [0.3, 0.4) is 0 Å². The van der Waals surface area contributed by atoms with Gasteiger partial charge >= 0.3 is 6.09 Å². The molecule has 2 unspecified atom stereocenters. The van der Waals surface area contributed by atoms with Gasteiger partial charge in [-0.2, -0.15) is 0 Å². The molecule has 2 aromatic carbocycles. The molecule has 7 rings (SSSR count). The van der Waals surface area contributed by atoms with Crippen molar-refractivity contribution in [3.05, 3.63) is 54.6 Å². The Bertz CT molecular complexity index is 2160. The van der Waals surface area contributed by atoms with Crippen molar-refractivity contribution in [1.29, 1.82) is 0 Å². The van der Waals surface area contributed by atoms with Crippen LogP contribution in [0, 0.1) is 17.3 Å². The Morgan fingerprint density at radius 2 is 1.77 bits per heavy atom. The number of benzene rings is 2. The van der Waals surface area contributed by atoms with E-state index in [1.807, 2.05) is 42.0 Å². The molecule has 0 radical (unpaired) electrons. The van der Waals surface area contributed by atoms with Crippen LogP contribution in [0.5, 0.6) is 11.5 Å². The SMILES string of the molecule is C[C@H]1COC(=O)N[C@@H](C(C)(C)C)C(=O)N2CC(C[C@H]2C(=O)NC2(C(=O)NS(=O)(=O)C3CC3)C[C@H]2C(F)F)Oc2cc3ccccc3nc2-c2cccc(c2)OC1. The topological polar surface area (TPSA) is 182 Å². The molecule has 1 saturated heterocycles. The normalized spacial score (nSPS) is 27.1. The first-order valence-electron chi connectivity index (χ1n) is 18.6. The third-order valence-corrected chi connectivity index (χ3v) is 12.4. The van der Waals surface area contributed by atoms with Gasteiger partial charge in [-0.25, -0.2) is 27.0 Å². The molecule has 17 heteroatoms. The Morgan fingerprint density at radius 3 is 2.46 bits per heavy atom. The highest BCUT2D eigenvalue weighted by molar-refractivity contribution is 7.91. The van der Waals surface area contributed by atoms with Gasteiger partial charge in [0.15, 0.2) is 0 Å². The van der Waals surface area contributed by atoms with Crippen molar-refractivity contribution in [2.75, 3.05) is 19.8 Å². The maximum atomic E-state index is 14.6. The van der Waals surface area contributed by atoms with Gasteiger partial charge in [-0.05, 0) is 48.9 Å². The molecule has 2 aliphatic heterocycles. The minimum atomic E-state index is -4.14. The molecule has 4 amide bonds. The maximum absolute atomic E-state index is 14.6. The summed E-state index contributed by atoms with van der Waals surface area (Å²) in [5.41, 5.74) is -1.34. The van der Waals surface area contributed by atoms with Crippen LogP contribution < -0.4 is 24.8 Å². The smallest absolute Gasteiger partial charge is 0.407 e. The summed E-state index contributed by atoms with van der Waals surface area (Å²) in [6.07, 6.45) is -4.80. The van der Waals surface area contributed by atoms with E-state index < -0.39 is 87.0 Å². The first-order chi connectivity index (χ1) is 26.4. The summed E-state index contributed by atoms with van der Waals surface area (Å²) < 4.78 is 73.7. The number of carbonyl (C=O) groups is 4. The van der Waals surface area contributed by atoms with E-state index in [1.165, 1.54) is 4.90 Å². The second-order valence-corrected chi connectivity index (χ2v) is 18.2. The Kier molecular flexibility index (Phi) is 10.3. The summed E-state index contributed by atoms with van der Waals surface area (Å²) in [4.78, 5) is 61.6. The van der Waals surface area contributed by atoms with Crippen molar-refractivity contribution in [2.24, 2.45) is 17.3 Å². The highest BCUT2D eigenvalue weighted by Gasteiger charge is 2.67. The quantitative estimate of drug-likeness (QED) is 0.328. The van der Waals surface area contributed by atoms with Gasteiger partial charge in [0, 0.05) is 23.3 Å². The number of aromatic nitrogens is 1. The van der Waals surface area contributed by atoms with Crippen molar-refractivity contribution in [3.8, 4) is 22.8 Å². The van der Waals surface area contributed by atoms with Crippen molar-refractivity contribution in [2.45, 2.75) is 88.8 Å². The largest absolute Gasteiger partial charge is 0.493 e. The average Bonchev–Trinajstić information content (AvgIpc) is 4.08. The first-order valence-corrected chi connectivity index (χ1v) is 20.2. The molecule has 4 bridgehead atoms. The third-order valence-electron chi connectivity index (χ3n) is 10.6. The van der Waals surface area contributed by atoms with Gasteiger partial charge in [0.05, 0.1) is 36.4 Å². The number of nitrogens with one attached hydrogen (secondary N) is 3. The molecule has 300 valence electrons. The number of pyridine rings is 1. The second-order valence-electron chi connectivity index (χ2n) is 16.3. The predicted molar refractivity (Wildman–Crippen MR) is 199 cm³/mol. The van der Waals surface area contributed by atoms with Gasteiger partial charge in [-0.15, -0.1) is 0 Å². The summed E-state index contributed by atoms with van der Waals surface area (Å²) in [5, 5.41) is 5.03. The number of rotatable bonds is 6. The van der Waals surface area contributed by atoms with Gasteiger partial charge in [-0.3, -0.25) is 19.1 Å². The summed E-state index contributed by atoms with van der Waals surface area (Å²) in [7, 11) is -4.14. The van der Waals surface area contributed by atoms with E-state index in [-0.39, 0.29) is 32.1 Å². The van der Waals surface area contributed by atoms with Crippen LogP contribution in [0.2, 0.25) is 0 Å². The fourth-order valence-electron chi connectivity index (χ4n) is 7.20. The fraction of sp³-hybridized carbons (Fsp3) is 0.513. The second kappa shape index (κ2) is 14.8. The summed E-state index contributed by atoms with van der Waals surface area (Å²) in [5.74, 6) is -3.93. The maximum Gasteiger partial charge on any atom is 0.407 e. The molecular weight excluding hydrogens is 753 g/mol. The number of cyclic esters (lactones) is 1. The first kappa shape index (κ1) is 39.2. The van der Waals surface area contributed by atoms with Crippen LogP contribution >= 0.6 is 0 Å². The van der Waals surface area contributed by atoms with Gasteiger partial charge in [0.1, 0.15) is 40.9 Å². The number of alkyl carbamates (subject to hydrolysis) is 1. The molecule has 3 aromatic rings. The molecule has 14 nitrogen and oxygen atoms in total. The zero-order valence-corrected chi connectivity index (χ0v) is 32.2. The molecule has 1 aromatic heterocycles. The minimum absolute atomic E-state index is 0.0382. The lowest BCUT2D eigenvalue weighted by Crippen LogP contribution is -2.60. The number of ether oxygens (including phenoxy) is 3. The van der Waals surface area contributed by atoms with Crippen LogP contribution in [-0.4, -0.2) is 97.3 Å². The van der Waals surface area contributed by atoms with Crippen molar-refractivity contribution in [3.63, 3.8) is 0 Å². The number of para-hydroxylation sites is 1. The number of carbonyl (C=O) groups excluding carboxylic acids is 4. The molecule has 2 saturated carbocycles. The summed E-state index contributed by atoms with van der Waals surface area (Å²) in [6.45, 7) is 6.97. The molecule has 4 aliphatic rings. The molecular formula is C39H45F2N5O9S.